The van der Waals surface area contributed by atoms with E-state index in [4.69, 9.17) is 8.92 Å². The number of ether oxygens (including phenoxy) is 1. The van der Waals surface area contributed by atoms with Crippen LogP contribution in [0.25, 0.3) is 0 Å². The normalized spacial score (nSPS) is 21.7. The predicted molar refractivity (Wildman–Crippen MR) is 77.1 cm³/mol. The first-order valence-electron chi connectivity index (χ1n) is 6.68. The fourth-order valence-electron chi connectivity index (χ4n) is 2.20. The highest BCUT2D eigenvalue weighted by atomic mass is 32.2. The van der Waals surface area contributed by atoms with Crippen molar-refractivity contribution >= 4 is 16.2 Å². The van der Waals surface area contributed by atoms with Crippen LogP contribution in [0.3, 0.4) is 0 Å². The highest BCUT2D eigenvalue weighted by Gasteiger charge is 2.40. The summed E-state index contributed by atoms with van der Waals surface area (Å²) in [6.45, 7) is 2.66. The second kappa shape index (κ2) is 6.44. The van der Waals surface area contributed by atoms with Crippen molar-refractivity contribution in [3.8, 4) is 0 Å². The van der Waals surface area contributed by atoms with Crippen LogP contribution in [0.4, 0.5) is 4.79 Å². The fourth-order valence-corrected chi connectivity index (χ4v) is 2.58. The smallest absolute Gasteiger partial charge is 0.410 e. The summed E-state index contributed by atoms with van der Waals surface area (Å²) in [6.07, 6.45) is 0.549. The average molecular weight is 313 g/mol. The molecule has 0 spiro atoms. The van der Waals surface area contributed by atoms with E-state index in [1.165, 1.54) is 4.90 Å². The Kier molecular flexibility index (Phi) is 4.84. The van der Waals surface area contributed by atoms with Crippen molar-refractivity contribution < 1.29 is 22.1 Å². The SMILES string of the molecule is CC1CN(C(=O)OCc2ccccc2)C1COS(C)(=O)=O. The van der Waals surface area contributed by atoms with Crippen LogP contribution in [-0.4, -0.2) is 44.9 Å². The molecule has 0 aliphatic carbocycles. The first kappa shape index (κ1) is 15.8. The van der Waals surface area contributed by atoms with Crippen LogP contribution >= 0.6 is 0 Å². The molecule has 116 valence electrons. The van der Waals surface area contributed by atoms with Gasteiger partial charge in [0, 0.05) is 6.54 Å². The van der Waals surface area contributed by atoms with Crippen LogP contribution in [-0.2, 0) is 25.6 Å². The molecule has 1 aliphatic rings. The number of carbonyl (C=O) groups is 1. The van der Waals surface area contributed by atoms with Crippen LogP contribution in [0.5, 0.6) is 0 Å². The predicted octanol–water partition coefficient (Wildman–Crippen LogP) is 1.62. The minimum absolute atomic E-state index is 0.0273. The van der Waals surface area contributed by atoms with Gasteiger partial charge in [-0.1, -0.05) is 37.3 Å². The van der Waals surface area contributed by atoms with Gasteiger partial charge in [0.1, 0.15) is 6.61 Å². The highest BCUT2D eigenvalue weighted by Crippen LogP contribution is 2.26. The minimum atomic E-state index is -3.50. The highest BCUT2D eigenvalue weighted by molar-refractivity contribution is 7.85. The molecular weight excluding hydrogens is 294 g/mol. The van der Waals surface area contributed by atoms with Crippen LogP contribution in [0.2, 0.25) is 0 Å². The zero-order valence-corrected chi connectivity index (χ0v) is 12.9. The van der Waals surface area contributed by atoms with Crippen LogP contribution in [0.1, 0.15) is 12.5 Å². The number of hydrogen-bond donors (Lipinski definition) is 0. The van der Waals surface area contributed by atoms with Crippen molar-refractivity contribution in [2.75, 3.05) is 19.4 Å². The average Bonchev–Trinajstić information content (AvgIpc) is 2.42. The molecule has 0 bridgehead atoms. The number of amides is 1. The van der Waals surface area contributed by atoms with E-state index < -0.39 is 16.2 Å². The molecule has 2 rings (SSSR count). The molecule has 1 fully saturated rings. The van der Waals surface area contributed by atoms with E-state index in [2.05, 4.69) is 0 Å². The first-order chi connectivity index (χ1) is 9.87. The lowest BCUT2D eigenvalue weighted by atomic mass is 9.92. The molecule has 0 radical (unpaired) electrons. The monoisotopic (exact) mass is 313 g/mol. The van der Waals surface area contributed by atoms with E-state index in [0.29, 0.717) is 6.54 Å². The quantitative estimate of drug-likeness (QED) is 0.772. The van der Waals surface area contributed by atoms with Crippen molar-refractivity contribution in [1.29, 1.82) is 0 Å². The molecule has 1 aromatic carbocycles. The van der Waals surface area contributed by atoms with Crippen molar-refractivity contribution in [3.05, 3.63) is 35.9 Å². The number of carbonyl (C=O) groups excluding carboxylic acids is 1. The van der Waals surface area contributed by atoms with E-state index in [1.807, 2.05) is 37.3 Å². The summed E-state index contributed by atoms with van der Waals surface area (Å²) in [5.74, 6) is 0.191. The van der Waals surface area contributed by atoms with Gasteiger partial charge >= 0.3 is 6.09 Å². The molecule has 1 saturated heterocycles. The molecule has 1 amide bonds. The summed E-state index contributed by atoms with van der Waals surface area (Å²) in [7, 11) is -3.50. The molecule has 2 unspecified atom stereocenters. The van der Waals surface area contributed by atoms with Gasteiger partial charge in [-0.2, -0.15) is 8.42 Å². The Balaban J connectivity index is 1.84. The fraction of sp³-hybridized carbons (Fsp3) is 0.500. The number of benzene rings is 1. The van der Waals surface area contributed by atoms with Crippen molar-refractivity contribution in [2.24, 2.45) is 5.92 Å². The summed E-state index contributed by atoms with van der Waals surface area (Å²) in [4.78, 5) is 13.5. The largest absolute Gasteiger partial charge is 0.445 e. The topological polar surface area (TPSA) is 72.9 Å². The maximum Gasteiger partial charge on any atom is 0.410 e. The van der Waals surface area contributed by atoms with E-state index in [1.54, 1.807) is 0 Å². The third kappa shape index (κ3) is 4.44. The minimum Gasteiger partial charge on any atom is -0.445 e. The Morgan fingerprint density at radius 1 is 1.33 bits per heavy atom. The lowest BCUT2D eigenvalue weighted by Crippen LogP contribution is -2.59. The summed E-state index contributed by atoms with van der Waals surface area (Å²) in [5, 5.41) is 0. The third-order valence-corrected chi connectivity index (χ3v) is 4.00. The molecule has 1 aromatic rings. The van der Waals surface area contributed by atoms with Gasteiger partial charge < -0.3 is 9.64 Å². The van der Waals surface area contributed by atoms with Gasteiger partial charge in [-0.25, -0.2) is 4.79 Å². The number of hydrogen-bond acceptors (Lipinski definition) is 5. The third-order valence-electron chi connectivity index (χ3n) is 3.43. The molecule has 1 heterocycles. The van der Waals surface area contributed by atoms with Crippen molar-refractivity contribution in [1.82, 2.24) is 4.90 Å². The van der Waals surface area contributed by atoms with Gasteiger partial charge in [-0.3, -0.25) is 4.18 Å². The molecule has 1 aliphatic heterocycles. The Hall–Kier alpha value is -1.60. The van der Waals surface area contributed by atoms with Crippen molar-refractivity contribution in [2.45, 2.75) is 19.6 Å². The van der Waals surface area contributed by atoms with Gasteiger partial charge in [-0.05, 0) is 11.5 Å². The molecule has 7 heteroatoms. The Bertz CT molecular complexity index is 587. The van der Waals surface area contributed by atoms with E-state index >= 15 is 0 Å². The summed E-state index contributed by atoms with van der Waals surface area (Å²) >= 11 is 0. The second-order valence-corrected chi connectivity index (χ2v) is 6.87. The van der Waals surface area contributed by atoms with Gasteiger partial charge in [0.15, 0.2) is 0 Å². The summed E-state index contributed by atoms with van der Waals surface area (Å²) < 4.78 is 32.0. The van der Waals surface area contributed by atoms with Crippen LogP contribution in [0.15, 0.2) is 30.3 Å². The molecule has 2 atom stereocenters. The molecule has 0 saturated carbocycles. The maximum atomic E-state index is 12.0. The van der Waals surface area contributed by atoms with Gasteiger partial charge in [0.05, 0.1) is 18.9 Å². The lowest BCUT2D eigenvalue weighted by Gasteiger charge is -2.45. The first-order valence-corrected chi connectivity index (χ1v) is 8.50. The number of nitrogens with zero attached hydrogens (tertiary/aromatic N) is 1. The van der Waals surface area contributed by atoms with Gasteiger partial charge in [0.25, 0.3) is 10.1 Å². The molecule has 0 aromatic heterocycles. The van der Waals surface area contributed by atoms with Crippen molar-refractivity contribution in [3.63, 3.8) is 0 Å². The Morgan fingerprint density at radius 3 is 2.57 bits per heavy atom. The molecular formula is C14H19NO5S. The van der Waals surface area contributed by atoms with E-state index in [9.17, 15) is 13.2 Å². The van der Waals surface area contributed by atoms with Crippen LogP contribution in [0, 0.1) is 5.92 Å². The maximum absolute atomic E-state index is 12.0. The number of likely N-dealkylation sites (tertiary alicyclic amines) is 1. The summed E-state index contributed by atoms with van der Waals surface area (Å²) in [6, 6.07) is 9.12. The Labute approximate surface area is 124 Å². The van der Waals surface area contributed by atoms with Crippen LogP contribution < -0.4 is 0 Å². The Morgan fingerprint density at radius 2 is 2.00 bits per heavy atom. The summed E-state index contributed by atoms with van der Waals surface area (Å²) in [5.41, 5.74) is 0.906. The zero-order valence-electron chi connectivity index (χ0n) is 12.1. The van der Waals surface area contributed by atoms with E-state index in [0.717, 1.165) is 11.8 Å². The molecule has 0 N–H and O–H groups in total. The lowest BCUT2D eigenvalue weighted by molar-refractivity contribution is -0.00876. The second-order valence-electron chi connectivity index (χ2n) is 5.23. The number of rotatable bonds is 5. The molecule has 21 heavy (non-hydrogen) atoms. The van der Waals surface area contributed by atoms with Gasteiger partial charge in [0.2, 0.25) is 0 Å². The molecule has 6 nitrogen and oxygen atoms in total. The van der Waals surface area contributed by atoms with E-state index in [-0.39, 0.29) is 25.2 Å². The standard InChI is InChI=1S/C14H19NO5S/c1-11-8-15(13(11)10-20-21(2,17)18)14(16)19-9-12-6-4-3-5-7-12/h3-7,11,13H,8-10H2,1-2H3. The zero-order chi connectivity index (χ0) is 15.5. The van der Waals surface area contributed by atoms with Gasteiger partial charge in [-0.15, -0.1) is 0 Å².